The summed E-state index contributed by atoms with van der Waals surface area (Å²) in [6.45, 7) is 0.583. The normalized spacial score (nSPS) is 16.9. The molecule has 1 atom stereocenters. The molecule has 2 N–H and O–H groups in total. The number of aromatic carboxylic acids is 1. The van der Waals surface area contributed by atoms with Gasteiger partial charge in [0.05, 0.1) is 5.69 Å². The van der Waals surface area contributed by atoms with Gasteiger partial charge in [0.1, 0.15) is 5.69 Å². The molecule has 0 amide bonds. The highest BCUT2D eigenvalue weighted by atomic mass is 16.4. The van der Waals surface area contributed by atoms with Gasteiger partial charge in [-0.3, -0.25) is 0 Å². The monoisotopic (exact) mass is 268 g/mol. The van der Waals surface area contributed by atoms with Gasteiger partial charge in [-0.15, -0.1) is 0 Å². The van der Waals surface area contributed by atoms with Gasteiger partial charge in [0, 0.05) is 12.6 Å². The number of benzene rings is 1. The molecular weight excluding hydrogens is 252 g/mol. The van der Waals surface area contributed by atoms with Crippen LogP contribution in [-0.4, -0.2) is 16.1 Å². The molecule has 0 radical (unpaired) electrons. The van der Waals surface area contributed by atoms with E-state index in [1.54, 1.807) is 6.07 Å². The number of fused-ring (bicyclic) bond motifs is 1. The van der Waals surface area contributed by atoms with Crippen LogP contribution in [0.4, 0.5) is 0 Å². The van der Waals surface area contributed by atoms with Crippen LogP contribution >= 0.6 is 0 Å². The van der Waals surface area contributed by atoms with Crippen molar-refractivity contribution in [1.29, 1.82) is 0 Å². The third-order valence-electron chi connectivity index (χ3n) is 3.69. The van der Waals surface area contributed by atoms with Crippen molar-refractivity contribution in [1.82, 2.24) is 10.3 Å². The molecule has 0 bridgehead atoms. The molecule has 1 aliphatic rings. The lowest BCUT2D eigenvalue weighted by molar-refractivity contribution is 0.0690. The van der Waals surface area contributed by atoms with Gasteiger partial charge in [-0.1, -0.05) is 30.3 Å². The van der Waals surface area contributed by atoms with E-state index in [0.717, 1.165) is 18.5 Å². The smallest absolute Gasteiger partial charge is 0.354 e. The summed E-state index contributed by atoms with van der Waals surface area (Å²) in [5.74, 6) is -0.988. The number of hydrogen-bond donors (Lipinski definition) is 2. The Balaban J connectivity index is 1.69. The van der Waals surface area contributed by atoms with Crippen LogP contribution in [0.15, 0.2) is 42.5 Å². The lowest BCUT2D eigenvalue weighted by atomic mass is 10.1. The summed E-state index contributed by atoms with van der Waals surface area (Å²) < 4.78 is 0. The van der Waals surface area contributed by atoms with E-state index in [-0.39, 0.29) is 5.69 Å². The van der Waals surface area contributed by atoms with Gasteiger partial charge in [-0.2, -0.15) is 0 Å². The maximum Gasteiger partial charge on any atom is 0.354 e. The molecule has 0 fully saturated rings. The number of carbonyl (C=O) groups is 1. The predicted molar refractivity (Wildman–Crippen MR) is 75.5 cm³/mol. The van der Waals surface area contributed by atoms with Crippen LogP contribution in [0.25, 0.3) is 0 Å². The van der Waals surface area contributed by atoms with Crippen LogP contribution < -0.4 is 5.32 Å². The molecular formula is C16H16N2O2. The first kappa shape index (κ1) is 12.8. The number of carboxylic acid groups (broad SMARTS) is 1. The van der Waals surface area contributed by atoms with E-state index in [0.29, 0.717) is 12.6 Å². The third-order valence-corrected chi connectivity index (χ3v) is 3.69. The third kappa shape index (κ3) is 2.56. The number of rotatable bonds is 4. The van der Waals surface area contributed by atoms with Crippen molar-refractivity contribution in [3.63, 3.8) is 0 Å². The number of nitrogens with one attached hydrogen (secondary N) is 1. The number of carboxylic acids is 1. The van der Waals surface area contributed by atoms with Crippen LogP contribution in [0.2, 0.25) is 0 Å². The zero-order valence-corrected chi connectivity index (χ0v) is 11.0. The Labute approximate surface area is 117 Å². The fourth-order valence-electron chi connectivity index (χ4n) is 2.69. The topological polar surface area (TPSA) is 62.2 Å². The minimum Gasteiger partial charge on any atom is -0.477 e. The highest BCUT2D eigenvalue weighted by Crippen LogP contribution is 2.30. The first-order valence-corrected chi connectivity index (χ1v) is 6.74. The quantitative estimate of drug-likeness (QED) is 0.894. The SMILES string of the molecule is O=C(O)c1cccc(CNC2CCc3ccccc32)n1. The predicted octanol–water partition coefficient (Wildman–Crippen LogP) is 2.56. The van der Waals surface area contributed by atoms with Crippen molar-refractivity contribution in [3.05, 3.63) is 65.0 Å². The average Bonchev–Trinajstić information content (AvgIpc) is 2.89. The van der Waals surface area contributed by atoms with Crippen LogP contribution in [0, 0.1) is 0 Å². The van der Waals surface area contributed by atoms with Gasteiger partial charge < -0.3 is 10.4 Å². The number of nitrogens with zero attached hydrogens (tertiary/aromatic N) is 1. The number of pyridine rings is 1. The second kappa shape index (κ2) is 5.43. The Morgan fingerprint density at radius 2 is 2.10 bits per heavy atom. The molecule has 1 aliphatic carbocycles. The molecule has 0 aliphatic heterocycles. The number of aryl methyl sites for hydroxylation is 1. The summed E-state index contributed by atoms with van der Waals surface area (Å²) in [6.07, 6.45) is 2.18. The molecule has 1 aromatic carbocycles. The minimum atomic E-state index is -0.988. The summed E-state index contributed by atoms with van der Waals surface area (Å²) in [4.78, 5) is 15.0. The van der Waals surface area contributed by atoms with Crippen molar-refractivity contribution in [2.75, 3.05) is 0 Å². The summed E-state index contributed by atoms with van der Waals surface area (Å²) >= 11 is 0. The van der Waals surface area contributed by atoms with Crippen LogP contribution in [0.3, 0.4) is 0 Å². The van der Waals surface area contributed by atoms with Crippen LogP contribution in [0.5, 0.6) is 0 Å². The first-order valence-electron chi connectivity index (χ1n) is 6.74. The molecule has 102 valence electrons. The number of aromatic nitrogens is 1. The Kier molecular flexibility index (Phi) is 3.48. The molecule has 1 aromatic heterocycles. The fourth-order valence-corrected chi connectivity index (χ4v) is 2.69. The molecule has 0 spiro atoms. The summed E-state index contributed by atoms with van der Waals surface area (Å²) in [7, 11) is 0. The molecule has 2 aromatic rings. The van der Waals surface area contributed by atoms with Crippen molar-refractivity contribution in [2.45, 2.75) is 25.4 Å². The van der Waals surface area contributed by atoms with Gasteiger partial charge >= 0.3 is 5.97 Å². The Bertz CT molecular complexity index is 640. The van der Waals surface area contributed by atoms with Crippen LogP contribution in [-0.2, 0) is 13.0 Å². The lowest BCUT2D eigenvalue weighted by Crippen LogP contribution is -2.19. The average molecular weight is 268 g/mol. The maximum atomic E-state index is 10.9. The fraction of sp³-hybridized carbons (Fsp3) is 0.250. The maximum absolute atomic E-state index is 10.9. The molecule has 0 saturated heterocycles. The van der Waals surface area contributed by atoms with E-state index < -0.39 is 5.97 Å². The van der Waals surface area contributed by atoms with Crippen molar-refractivity contribution in [3.8, 4) is 0 Å². The van der Waals surface area contributed by atoms with Gasteiger partial charge in [-0.05, 0) is 36.1 Å². The van der Waals surface area contributed by atoms with Crippen molar-refractivity contribution in [2.24, 2.45) is 0 Å². The van der Waals surface area contributed by atoms with Gasteiger partial charge in [0.25, 0.3) is 0 Å². The summed E-state index contributed by atoms with van der Waals surface area (Å²) in [5.41, 5.74) is 3.60. The van der Waals surface area contributed by atoms with Crippen LogP contribution in [0.1, 0.15) is 39.8 Å². The first-order chi connectivity index (χ1) is 9.74. The summed E-state index contributed by atoms with van der Waals surface area (Å²) in [5, 5.41) is 12.4. The number of hydrogen-bond acceptors (Lipinski definition) is 3. The molecule has 4 heteroatoms. The largest absolute Gasteiger partial charge is 0.477 e. The van der Waals surface area contributed by atoms with E-state index in [1.165, 1.54) is 17.2 Å². The van der Waals surface area contributed by atoms with E-state index in [2.05, 4.69) is 34.6 Å². The molecule has 20 heavy (non-hydrogen) atoms. The van der Waals surface area contributed by atoms with Gasteiger partial charge in [0.2, 0.25) is 0 Å². The summed E-state index contributed by atoms with van der Waals surface area (Å²) in [6, 6.07) is 13.9. The lowest BCUT2D eigenvalue weighted by Gasteiger charge is -2.13. The Morgan fingerprint density at radius 1 is 1.25 bits per heavy atom. The second-order valence-electron chi connectivity index (χ2n) is 4.99. The molecule has 0 saturated carbocycles. The zero-order valence-electron chi connectivity index (χ0n) is 11.0. The standard InChI is InChI=1S/C16H16N2O2/c19-16(20)15-7-3-5-12(18-15)10-17-14-9-8-11-4-1-2-6-13(11)14/h1-7,14,17H,8-10H2,(H,19,20). The molecule has 3 rings (SSSR count). The van der Waals surface area contributed by atoms with Gasteiger partial charge in [0.15, 0.2) is 0 Å². The second-order valence-corrected chi connectivity index (χ2v) is 4.99. The Hall–Kier alpha value is -2.20. The van der Waals surface area contributed by atoms with Gasteiger partial charge in [-0.25, -0.2) is 9.78 Å². The van der Waals surface area contributed by atoms with Crippen molar-refractivity contribution >= 4 is 5.97 Å². The Morgan fingerprint density at radius 3 is 2.95 bits per heavy atom. The zero-order chi connectivity index (χ0) is 13.9. The molecule has 1 heterocycles. The minimum absolute atomic E-state index is 0.0936. The van der Waals surface area contributed by atoms with E-state index in [9.17, 15) is 4.79 Å². The molecule has 1 unspecified atom stereocenters. The van der Waals surface area contributed by atoms with E-state index >= 15 is 0 Å². The highest BCUT2D eigenvalue weighted by Gasteiger charge is 2.21. The highest BCUT2D eigenvalue weighted by molar-refractivity contribution is 5.85. The van der Waals surface area contributed by atoms with E-state index in [1.807, 2.05) is 6.07 Å². The van der Waals surface area contributed by atoms with E-state index in [4.69, 9.17) is 5.11 Å². The van der Waals surface area contributed by atoms with Crippen molar-refractivity contribution < 1.29 is 9.90 Å². The molecule has 4 nitrogen and oxygen atoms in total.